The number of hydrogen-bond donors (Lipinski definition) is 0. The quantitative estimate of drug-likeness (QED) is 0.382. The molecule has 0 saturated carbocycles. The van der Waals surface area contributed by atoms with Crippen molar-refractivity contribution < 1.29 is 4.92 Å². The van der Waals surface area contributed by atoms with Gasteiger partial charge in [-0.15, -0.1) is 10.2 Å². The maximum absolute atomic E-state index is 12.7. The molecule has 4 rings (SSSR count). The number of non-ortho nitro benzene ring substituents is 1. The van der Waals surface area contributed by atoms with E-state index in [1.54, 1.807) is 24.3 Å². The first kappa shape index (κ1) is 18.2. The third-order valence-corrected chi connectivity index (χ3v) is 4.47. The molecule has 0 radical (unpaired) electrons. The van der Waals surface area contributed by atoms with Crippen LogP contribution in [0.25, 0.3) is 22.6 Å². The van der Waals surface area contributed by atoms with Gasteiger partial charge in [0.25, 0.3) is 11.2 Å². The van der Waals surface area contributed by atoms with Crippen LogP contribution in [0.3, 0.4) is 0 Å². The molecule has 0 amide bonds. The molecule has 0 N–H and O–H groups in total. The van der Waals surface area contributed by atoms with Crippen molar-refractivity contribution in [2.24, 2.45) is 7.05 Å². The van der Waals surface area contributed by atoms with E-state index in [-0.39, 0.29) is 29.2 Å². The predicted octanol–water partition coefficient (Wildman–Crippen LogP) is 1.51. The Morgan fingerprint density at radius 2 is 1.69 bits per heavy atom. The van der Waals surface area contributed by atoms with E-state index < -0.39 is 16.2 Å². The standard InChI is InChI=1S/C19H14N6O4/c1-23-18(26)15-17(22-21-16(20-15)13-5-3-2-4-6-13)24(19(23)27)11-12-7-9-14(10-8-12)25(28)29/h2-10H,11H2,1H3. The fourth-order valence-electron chi connectivity index (χ4n) is 2.92. The van der Waals surface area contributed by atoms with Gasteiger partial charge in [-0.25, -0.2) is 9.78 Å². The first-order valence-corrected chi connectivity index (χ1v) is 8.58. The van der Waals surface area contributed by atoms with Gasteiger partial charge in [-0.2, -0.15) is 0 Å². The summed E-state index contributed by atoms with van der Waals surface area (Å²) in [6.45, 7) is 0.0580. The number of aromatic nitrogens is 5. The summed E-state index contributed by atoms with van der Waals surface area (Å²) in [5.74, 6) is 0.274. The number of nitro groups is 1. The van der Waals surface area contributed by atoms with Crippen LogP contribution in [-0.4, -0.2) is 29.2 Å². The highest BCUT2D eigenvalue weighted by atomic mass is 16.6. The van der Waals surface area contributed by atoms with Crippen molar-refractivity contribution in [2.75, 3.05) is 0 Å². The van der Waals surface area contributed by atoms with Crippen LogP contribution >= 0.6 is 0 Å². The highest BCUT2D eigenvalue weighted by Gasteiger charge is 2.16. The number of nitrogens with zero attached hydrogens (tertiary/aromatic N) is 6. The van der Waals surface area contributed by atoms with Crippen LogP contribution in [0.15, 0.2) is 64.2 Å². The zero-order valence-electron chi connectivity index (χ0n) is 15.2. The monoisotopic (exact) mass is 390 g/mol. The highest BCUT2D eigenvalue weighted by molar-refractivity contribution is 5.71. The lowest BCUT2D eigenvalue weighted by molar-refractivity contribution is -0.384. The second-order valence-corrected chi connectivity index (χ2v) is 6.33. The minimum Gasteiger partial charge on any atom is -0.270 e. The van der Waals surface area contributed by atoms with Gasteiger partial charge < -0.3 is 0 Å². The van der Waals surface area contributed by atoms with Crippen molar-refractivity contribution in [1.82, 2.24) is 24.3 Å². The lowest BCUT2D eigenvalue weighted by Gasteiger charge is -2.11. The number of rotatable bonds is 4. The Hall–Kier alpha value is -4.21. The first-order valence-electron chi connectivity index (χ1n) is 8.58. The Morgan fingerprint density at radius 3 is 2.34 bits per heavy atom. The van der Waals surface area contributed by atoms with Crippen LogP contribution in [-0.2, 0) is 13.6 Å². The lowest BCUT2D eigenvalue weighted by Crippen LogP contribution is -2.39. The molecular formula is C19H14N6O4. The first-order chi connectivity index (χ1) is 14.0. The molecule has 2 aromatic carbocycles. The third-order valence-electron chi connectivity index (χ3n) is 4.47. The molecule has 0 atom stereocenters. The van der Waals surface area contributed by atoms with E-state index in [4.69, 9.17) is 0 Å². The zero-order valence-corrected chi connectivity index (χ0v) is 15.2. The topological polar surface area (TPSA) is 126 Å². The van der Waals surface area contributed by atoms with Gasteiger partial charge in [0, 0.05) is 24.7 Å². The summed E-state index contributed by atoms with van der Waals surface area (Å²) in [5, 5.41) is 19.0. The Kier molecular flexibility index (Phi) is 4.43. The number of nitro benzene ring substituents is 1. The zero-order chi connectivity index (χ0) is 20.5. The molecule has 0 aliphatic carbocycles. The average molecular weight is 390 g/mol. The van der Waals surface area contributed by atoms with Crippen LogP contribution in [0.2, 0.25) is 0 Å². The Labute approximate surface area is 162 Å². The minimum absolute atomic E-state index is 0.0165. The molecule has 10 heteroatoms. The molecule has 10 nitrogen and oxygen atoms in total. The maximum atomic E-state index is 12.7. The SMILES string of the molecule is Cn1c(=O)c2nc(-c3ccccc3)nnc2n(Cc2ccc([N+](=O)[O-])cc2)c1=O. The summed E-state index contributed by atoms with van der Waals surface area (Å²) in [6, 6.07) is 14.8. The van der Waals surface area contributed by atoms with Gasteiger partial charge in [-0.1, -0.05) is 42.5 Å². The molecule has 29 heavy (non-hydrogen) atoms. The van der Waals surface area contributed by atoms with Gasteiger partial charge in [-0.3, -0.25) is 24.0 Å². The van der Waals surface area contributed by atoms with Crippen molar-refractivity contribution in [1.29, 1.82) is 0 Å². The summed E-state index contributed by atoms with van der Waals surface area (Å²) in [6.07, 6.45) is 0. The second-order valence-electron chi connectivity index (χ2n) is 6.33. The molecule has 0 aliphatic rings. The van der Waals surface area contributed by atoms with E-state index in [9.17, 15) is 19.7 Å². The van der Waals surface area contributed by atoms with Gasteiger partial charge >= 0.3 is 5.69 Å². The van der Waals surface area contributed by atoms with E-state index in [0.29, 0.717) is 11.1 Å². The Balaban J connectivity index is 1.86. The van der Waals surface area contributed by atoms with Crippen LogP contribution in [0.5, 0.6) is 0 Å². The van der Waals surface area contributed by atoms with Crippen LogP contribution in [0.4, 0.5) is 5.69 Å². The molecule has 2 heterocycles. The van der Waals surface area contributed by atoms with E-state index in [0.717, 1.165) is 4.57 Å². The van der Waals surface area contributed by atoms with Gasteiger partial charge in [0.1, 0.15) is 0 Å². The molecule has 0 aliphatic heterocycles. The molecule has 144 valence electrons. The van der Waals surface area contributed by atoms with Crippen LogP contribution in [0, 0.1) is 10.1 Å². The summed E-state index contributed by atoms with van der Waals surface area (Å²) < 4.78 is 2.23. The molecular weight excluding hydrogens is 376 g/mol. The number of hydrogen-bond acceptors (Lipinski definition) is 7. The van der Waals surface area contributed by atoms with Crippen molar-refractivity contribution in [3.63, 3.8) is 0 Å². The fraction of sp³-hybridized carbons (Fsp3) is 0.105. The summed E-state index contributed by atoms with van der Waals surface area (Å²) in [5.41, 5.74) is 0.185. The Bertz CT molecular complexity index is 1340. The minimum atomic E-state index is -0.579. The van der Waals surface area contributed by atoms with Crippen molar-refractivity contribution in [3.05, 3.63) is 91.1 Å². The van der Waals surface area contributed by atoms with Crippen molar-refractivity contribution in [2.45, 2.75) is 6.54 Å². The smallest absolute Gasteiger partial charge is 0.270 e. The molecule has 0 spiro atoms. The molecule has 0 unspecified atom stereocenters. The highest BCUT2D eigenvalue weighted by Crippen LogP contribution is 2.16. The van der Waals surface area contributed by atoms with E-state index >= 15 is 0 Å². The van der Waals surface area contributed by atoms with Crippen LogP contribution in [0.1, 0.15) is 5.56 Å². The van der Waals surface area contributed by atoms with E-state index in [2.05, 4.69) is 15.2 Å². The normalized spacial score (nSPS) is 10.9. The van der Waals surface area contributed by atoms with Crippen molar-refractivity contribution in [3.8, 4) is 11.4 Å². The molecule has 0 bridgehead atoms. The maximum Gasteiger partial charge on any atom is 0.332 e. The summed E-state index contributed by atoms with van der Waals surface area (Å²) >= 11 is 0. The van der Waals surface area contributed by atoms with E-state index in [1.807, 2.05) is 18.2 Å². The van der Waals surface area contributed by atoms with Gasteiger partial charge in [0.15, 0.2) is 17.0 Å². The number of fused-ring (bicyclic) bond motifs is 1. The molecule has 0 fully saturated rings. The molecule has 0 saturated heterocycles. The summed E-state index contributed by atoms with van der Waals surface area (Å²) in [7, 11) is 1.36. The lowest BCUT2D eigenvalue weighted by atomic mass is 10.2. The summed E-state index contributed by atoms with van der Waals surface area (Å²) in [4.78, 5) is 39.9. The fourth-order valence-corrected chi connectivity index (χ4v) is 2.92. The van der Waals surface area contributed by atoms with Crippen molar-refractivity contribution >= 4 is 16.9 Å². The Morgan fingerprint density at radius 1 is 1.00 bits per heavy atom. The van der Waals surface area contributed by atoms with Crippen LogP contribution < -0.4 is 11.2 Å². The molecule has 4 aromatic rings. The average Bonchev–Trinajstić information content (AvgIpc) is 2.76. The number of benzene rings is 2. The van der Waals surface area contributed by atoms with E-state index in [1.165, 1.54) is 23.7 Å². The van der Waals surface area contributed by atoms with Gasteiger partial charge in [-0.05, 0) is 5.56 Å². The largest absolute Gasteiger partial charge is 0.332 e. The second kappa shape index (κ2) is 7.08. The predicted molar refractivity (Wildman–Crippen MR) is 104 cm³/mol. The van der Waals surface area contributed by atoms with Gasteiger partial charge in [0.05, 0.1) is 11.5 Å². The molecule has 2 aromatic heterocycles. The van der Waals surface area contributed by atoms with Gasteiger partial charge in [0.2, 0.25) is 0 Å². The third kappa shape index (κ3) is 3.27.